The van der Waals surface area contributed by atoms with Crippen molar-refractivity contribution in [3.05, 3.63) is 23.4 Å². The minimum atomic E-state index is -1.84. The second-order valence-corrected chi connectivity index (χ2v) is 4.99. The van der Waals surface area contributed by atoms with Crippen LogP contribution in [0.5, 0.6) is 0 Å². The second kappa shape index (κ2) is 6.78. The zero-order valence-electron chi connectivity index (χ0n) is 11.7. The summed E-state index contributed by atoms with van der Waals surface area (Å²) in [5, 5.41) is 76.1. The summed E-state index contributed by atoms with van der Waals surface area (Å²) < 4.78 is 14.6. The lowest BCUT2D eigenvalue weighted by Gasteiger charge is -2.35. The number of rotatable bonds is 4. The van der Waals surface area contributed by atoms with E-state index >= 15 is 0 Å². The summed E-state index contributed by atoms with van der Waals surface area (Å²) in [7, 11) is 0. The highest BCUT2D eigenvalue weighted by Gasteiger charge is 2.44. The van der Waals surface area contributed by atoms with Crippen molar-refractivity contribution in [1.82, 2.24) is 0 Å². The minimum Gasteiger partial charge on any atom is -0.504 e. The van der Waals surface area contributed by atoms with Gasteiger partial charge in [-0.3, -0.25) is 0 Å². The van der Waals surface area contributed by atoms with E-state index in [0.717, 1.165) is 0 Å². The molecule has 0 bridgehead atoms. The molecule has 2 aliphatic rings. The molecule has 2 heterocycles. The van der Waals surface area contributed by atoms with Gasteiger partial charge in [-0.1, -0.05) is 0 Å². The van der Waals surface area contributed by atoms with E-state index in [1.165, 1.54) is 0 Å². The van der Waals surface area contributed by atoms with Gasteiger partial charge in [0.05, 0.1) is 13.2 Å². The normalized spacial score (nSPS) is 38.2. The van der Waals surface area contributed by atoms with Gasteiger partial charge in [0.1, 0.15) is 24.4 Å². The van der Waals surface area contributed by atoms with E-state index in [2.05, 4.69) is 0 Å². The number of aliphatic hydroxyl groups excluding tert-OH is 8. The van der Waals surface area contributed by atoms with Crippen molar-refractivity contribution in [3.8, 4) is 0 Å². The number of hydrogen-bond acceptors (Lipinski definition) is 11. The lowest BCUT2D eigenvalue weighted by Crippen LogP contribution is -2.48. The number of hydrogen-bond donors (Lipinski definition) is 8. The third-order valence-electron chi connectivity index (χ3n) is 3.46. The molecule has 0 spiro atoms. The third-order valence-corrected chi connectivity index (χ3v) is 3.46. The molecule has 0 aromatic heterocycles. The van der Waals surface area contributed by atoms with Crippen molar-refractivity contribution in [2.45, 2.75) is 36.6 Å². The zero-order chi connectivity index (χ0) is 17.3. The highest BCUT2D eigenvalue weighted by atomic mass is 16.7. The Kier molecular flexibility index (Phi) is 5.19. The van der Waals surface area contributed by atoms with Crippen LogP contribution >= 0.6 is 0 Å². The van der Waals surface area contributed by atoms with Gasteiger partial charge in [-0.05, 0) is 0 Å². The van der Waals surface area contributed by atoms with Crippen molar-refractivity contribution < 1.29 is 55.1 Å². The van der Waals surface area contributed by atoms with Gasteiger partial charge in [0.2, 0.25) is 11.5 Å². The minimum absolute atomic E-state index is 0.697. The van der Waals surface area contributed by atoms with E-state index in [0.29, 0.717) is 0 Å². The summed E-state index contributed by atoms with van der Waals surface area (Å²) in [6.07, 6.45) is -9.59. The first-order valence-corrected chi connectivity index (χ1v) is 6.63. The average Bonchev–Trinajstić information content (AvgIpc) is 2.54. The summed E-state index contributed by atoms with van der Waals surface area (Å²) in [5.41, 5.74) is 0. The highest BCUT2D eigenvalue weighted by molar-refractivity contribution is 5.15. The molecule has 0 saturated carbocycles. The fourth-order valence-corrected chi connectivity index (χ4v) is 2.08. The first kappa shape index (κ1) is 17.6. The summed E-state index contributed by atoms with van der Waals surface area (Å²) in [4.78, 5) is 0. The monoisotopic (exact) mass is 338 g/mol. The summed E-state index contributed by atoms with van der Waals surface area (Å²) >= 11 is 0. The van der Waals surface area contributed by atoms with Crippen LogP contribution in [0.25, 0.3) is 0 Å². The standard InChI is InChI=1S/C12H18O11/c13-1-3-6(16)8(18)10(11(20)21-3)23-12-9(19)7(17)5(15)4(2-14)22-12/h3-8,13-20H,1-2H2/t3?,4?,5-,6-,7?,8?/m1/s1. The van der Waals surface area contributed by atoms with E-state index in [1.807, 2.05) is 0 Å². The van der Waals surface area contributed by atoms with Crippen molar-refractivity contribution in [1.29, 1.82) is 0 Å². The molecule has 11 heteroatoms. The van der Waals surface area contributed by atoms with Gasteiger partial charge >= 0.3 is 11.9 Å². The SMILES string of the molecule is OCC1OC(OC2=C(O)OC(CO)[C@@H](O)C2O)=C(O)C(O)[C@@H]1O. The third kappa shape index (κ3) is 3.15. The van der Waals surface area contributed by atoms with Gasteiger partial charge in [-0.15, -0.1) is 0 Å². The van der Waals surface area contributed by atoms with Crippen LogP contribution in [-0.4, -0.2) is 90.7 Å². The van der Waals surface area contributed by atoms with E-state index in [-0.39, 0.29) is 0 Å². The average molecular weight is 338 g/mol. The Bertz CT molecular complexity index is 501. The van der Waals surface area contributed by atoms with Gasteiger partial charge in [0, 0.05) is 0 Å². The molecule has 11 nitrogen and oxygen atoms in total. The van der Waals surface area contributed by atoms with E-state index < -0.39 is 73.2 Å². The molecule has 2 aliphatic heterocycles. The van der Waals surface area contributed by atoms with Crippen molar-refractivity contribution >= 4 is 0 Å². The molecule has 6 atom stereocenters. The molecule has 0 aliphatic carbocycles. The molecule has 8 N–H and O–H groups in total. The fraction of sp³-hybridized carbons (Fsp3) is 0.667. The Balaban J connectivity index is 2.26. The predicted molar refractivity (Wildman–Crippen MR) is 68.3 cm³/mol. The molecule has 0 aromatic rings. The van der Waals surface area contributed by atoms with Gasteiger partial charge in [-0.25, -0.2) is 0 Å². The molecule has 23 heavy (non-hydrogen) atoms. The van der Waals surface area contributed by atoms with Crippen LogP contribution < -0.4 is 0 Å². The quantitative estimate of drug-likeness (QED) is 0.256. The lowest BCUT2D eigenvalue weighted by atomic mass is 10.0. The van der Waals surface area contributed by atoms with Gasteiger partial charge < -0.3 is 55.1 Å². The Labute approximate surface area is 129 Å². The number of ether oxygens (including phenoxy) is 3. The zero-order valence-corrected chi connectivity index (χ0v) is 11.7. The van der Waals surface area contributed by atoms with Gasteiger partial charge in [-0.2, -0.15) is 0 Å². The van der Waals surface area contributed by atoms with Crippen LogP contribution in [0.15, 0.2) is 23.4 Å². The second-order valence-electron chi connectivity index (χ2n) is 4.99. The molecular formula is C12H18O11. The maximum absolute atomic E-state index is 9.86. The van der Waals surface area contributed by atoms with Crippen LogP contribution in [0, 0.1) is 0 Å². The van der Waals surface area contributed by atoms with Crippen LogP contribution in [-0.2, 0) is 14.2 Å². The first-order valence-electron chi connectivity index (χ1n) is 6.63. The molecule has 0 amide bonds. The molecule has 132 valence electrons. The molecule has 0 radical (unpaired) electrons. The summed E-state index contributed by atoms with van der Waals surface area (Å²) in [5.74, 6) is -3.48. The fourth-order valence-electron chi connectivity index (χ4n) is 2.08. The van der Waals surface area contributed by atoms with Crippen LogP contribution in [0.1, 0.15) is 0 Å². The Hall–Kier alpha value is -1.76. The van der Waals surface area contributed by atoms with E-state index in [1.54, 1.807) is 0 Å². The van der Waals surface area contributed by atoms with Crippen LogP contribution in [0.4, 0.5) is 0 Å². The summed E-state index contributed by atoms with van der Waals surface area (Å²) in [6, 6.07) is 0. The highest BCUT2D eigenvalue weighted by Crippen LogP contribution is 2.30. The van der Waals surface area contributed by atoms with E-state index in [4.69, 9.17) is 24.4 Å². The Morgan fingerprint density at radius 3 is 1.91 bits per heavy atom. The number of aliphatic hydroxyl groups is 8. The molecule has 0 aromatic carbocycles. The molecular weight excluding hydrogens is 320 g/mol. The van der Waals surface area contributed by atoms with Crippen molar-refractivity contribution in [2.24, 2.45) is 0 Å². The van der Waals surface area contributed by atoms with Crippen LogP contribution in [0.3, 0.4) is 0 Å². The van der Waals surface area contributed by atoms with E-state index in [9.17, 15) is 30.6 Å². The summed E-state index contributed by atoms with van der Waals surface area (Å²) in [6.45, 7) is -1.42. The molecule has 0 saturated heterocycles. The van der Waals surface area contributed by atoms with Gasteiger partial charge in [0.15, 0.2) is 12.2 Å². The largest absolute Gasteiger partial charge is 0.504 e. The van der Waals surface area contributed by atoms with Gasteiger partial charge in [0.25, 0.3) is 0 Å². The van der Waals surface area contributed by atoms with Crippen molar-refractivity contribution in [2.75, 3.05) is 13.2 Å². The first-order chi connectivity index (χ1) is 10.8. The maximum Gasteiger partial charge on any atom is 0.327 e. The van der Waals surface area contributed by atoms with Crippen molar-refractivity contribution in [3.63, 3.8) is 0 Å². The Morgan fingerprint density at radius 2 is 1.35 bits per heavy atom. The molecule has 4 unspecified atom stereocenters. The van der Waals surface area contributed by atoms with Crippen LogP contribution in [0.2, 0.25) is 0 Å². The lowest BCUT2D eigenvalue weighted by molar-refractivity contribution is -0.167. The smallest absolute Gasteiger partial charge is 0.327 e. The molecule has 0 fully saturated rings. The predicted octanol–water partition coefficient (Wildman–Crippen LogP) is -3.32. The molecule has 2 rings (SSSR count). The topological polar surface area (TPSA) is 190 Å². The maximum atomic E-state index is 9.86. The Morgan fingerprint density at radius 1 is 0.826 bits per heavy atom.